The van der Waals surface area contributed by atoms with Gasteiger partial charge in [-0.3, -0.25) is 4.79 Å². The van der Waals surface area contributed by atoms with Crippen LogP contribution in [0.2, 0.25) is 0 Å². The molecule has 0 spiro atoms. The van der Waals surface area contributed by atoms with Crippen molar-refractivity contribution in [2.75, 3.05) is 0 Å². The molecular formula is C12H20O2. The maximum absolute atomic E-state index is 11.2. The first-order chi connectivity index (χ1) is 6.52. The number of carbonyl (C=O) groups excluding carboxylic acids is 1. The molecule has 0 aliphatic rings. The molecule has 2 heteroatoms. The van der Waals surface area contributed by atoms with Crippen LogP contribution in [0.15, 0.2) is 24.8 Å². The Kier molecular flexibility index (Phi) is 5.93. The highest BCUT2D eigenvalue weighted by atomic mass is 16.6. The van der Waals surface area contributed by atoms with E-state index < -0.39 is 0 Å². The van der Waals surface area contributed by atoms with Gasteiger partial charge in [0.1, 0.15) is 5.60 Å². The summed E-state index contributed by atoms with van der Waals surface area (Å²) in [6.07, 6.45) is 7.70. The molecule has 14 heavy (non-hydrogen) atoms. The topological polar surface area (TPSA) is 26.3 Å². The zero-order valence-electron chi connectivity index (χ0n) is 9.38. The third-order valence-corrected chi connectivity index (χ3v) is 1.85. The minimum Gasteiger partial charge on any atom is -0.459 e. The van der Waals surface area contributed by atoms with Crippen molar-refractivity contribution in [3.63, 3.8) is 0 Å². The van der Waals surface area contributed by atoms with Crippen LogP contribution < -0.4 is 0 Å². The molecule has 0 bridgehead atoms. The molecule has 0 atom stereocenters. The van der Waals surface area contributed by atoms with E-state index in [1.807, 2.05) is 26.8 Å². The fourth-order valence-corrected chi connectivity index (χ4v) is 1.12. The quantitative estimate of drug-likeness (QED) is 0.481. The lowest BCUT2D eigenvalue weighted by molar-refractivity contribution is -0.155. The van der Waals surface area contributed by atoms with Crippen LogP contribution in [0.1, 0.15) is 40.0 Å². The Hall–Kier alpha value is -1.05. The summed E-state index contributed by atoms with van der Waals surface area (Å²) in [5, 5.41) is 0. The SMILES string of the molecule is C=CCC(=O)OC(C)(C)CC/C=C/C. The summed E-state index contributed by atoms with van der Waals surface area (Å²) in [6, 6.07) is 0. The molecule has 0 unspecified atom stereocenters. The molecular weight excluding hydrogens is 176 g/mol. The Balaban J connectivity index is 3.92. The zero-order chi connectivity index (χ0) is 11.0. The zero-order valence-corrected chi connectivity index (χ0v) is 9.38. The number of esters is 1. The molecule has 0 rings (SSSR count). The van der Waals surface area contributed by atoms with Crippen LogP contribution in [0.25, 0.3) is 0 Å². The van der Waals surface area contributed by atoms with Gasteiger partial charge in [0.05, 0.1) is 6.42 Å². The summed E-state index contributed by atoms with van der Waals surface area (Å²) in [6.45, 7) is 9.33. The number of rotatable bonds is 6. The van der Waals surface area contributed by atoms with Gasteiger partial charge in [-0.25, -0.2) is 0 Å². The number of hydrogen-bond acceptors (Lipinski definition) is 2. The van der Waals surface area contributed by atoms with Crippen LogP contribution in [-0.4, -0.2) is 11.6 Å². The van der Waals surface area contributed by atoms with E-state index in [0.29, 0.717) is 0 Å². The van der Waals surface area contributed by atoms with Crippen molar-refractivity contribution in [1.29, 1.82) is 0 Å². The minimum absolute atomic E-state index is 0.203. The average molecular weight is 196 g/mol. The van der Waals surface area contributed by atoms with E-state index in [1.165, 1.54) is 0 Å². The summed E-state index contributed by atoms with van der Waals surface area (Å²) >= 11 is 0. The molecule has 0 aliphatic carbocycles. The Morgan fingerprint density at radius 2 is 2.14 bits per heavy atom. The van der Waals surface area contributed by atoms with Crippen molar-refractivity contribution in [3.05, 3.63) is 24.8 Å². The van der Waals surface area contributed by atoms with Gasteiger partial charge in [-0.2, -0.15) is 0 Å². The van der Waals surface area contributed by atoms with Crippen molar-refractivity contribution in [2.45, 2.75) is 45.6 Å². The van der Waals surface area contributed by atoms with Crippen LogP contribution in [0.5, 0.6) is 0 Å². The lowest BCUT2D eigenvalue weighted by atomic mass is 10.0. The second-order valence-corrected chi connectivity index (χ2v) is 3.83. The van der Waals surface area contributed by atoms with Gasteiger partial charge in [-0.05, 0) is 33.6 Å². The fourth-order valence-electron chi connectivity index (χ4n) is 1.12. The van der Waals surface area contributed by atoms with Crippen LogP contribution in [0.3, 0.4) is 0 Å². The standard InChI is InChI=1S/C12H20O2/c1-5-7-8-10-12(3,4)14-11(13)9-6-2/h5-7H,2,8-10H2,1,3-4H3/b7-5+. The molecule has 0 saturated heterocycles. The van der Waals surface area contributed by atoms with Gasteiger partial charge in [0.2, 0.25) is 0 Å². The lowest BCUT2D eigenvalue weighted by Crippen LogP contribution is -2.27. The molecule has 0 heterocycles. The molecule has 0 saturated carbocycles. The number of hydrogen-bond donors (Lipinski definition) is 0. The fraction of sp³-hybridized carbons (Fsp3) is 0.583. The van der Waals surface area contributed by atoms with Crippen LogP contribution in [-0.2, 0) is 9.53 Å². The van der Waals surface area contributed by atoms with Gasteiger partial charge in [0.15, 0.2) is 0 Å². The summed E-state index contributed by atoms with van der Waals surface area (Å²) in [5.41, 5.74) is -0.375. The van der Waals surface area contributed by atoms with E-state index in [9.17, 15) is 4.79 Å². The van der Waals surface area contributed by atoms with Gasteiger partial charge in [-0.1, -0.05) is 18.2 Å². The van der Waals surface area contributed by atoms with E-state index in [0.717, 1.165) is 12.8 Å². The summed E-state index contributed by atoms with van der Waals surface area (Å²) < 4.78 is 5.28. The molecule has 0 radical (unpaired) electrons. The highest BCUT2D eigenvalue weighted by Gasteiger charge is 2.20. The highest BCUT2D eigenvalue weighted by molar-refractivity contribution is 5.71. The predicted octanol–water partition coefficient (Wildman–Crippen LogP) is 3.24. The molecule has 0 aromatic heterocycles. The molecule has 0 aromatic carbocycles. The second kappa shape index (κ2) is 6.41. The van der Waals surface area contributed by atoms with Crippen LogP contribution in [0, 0.1) is 0 Å². The van der Waals surface area contributed by atoms with Crippen LogP contribution in [0.4, 0.5) is 0 Å². The molecule has 0 aliphatic heterocycles. The number of carbonyl (C=O) groups is 1. The maximum Gasteiger partial charge on any atom is 0.310 e. The molecule has 0 amide bonds. The molecule has 80 valence electrons. The monoisotopic (exact) mass is 196 g/mol. The minimum atomic E-state index is -0.375. The van der Waals surface area contributed by atoms with Gasteiger partial charge in [0, 0.05) is 0 Å². The van der Waals surface area contributed by atoms with E-state index in [1.54, 1.807) is 6.08 Å². The second-order valence-electron chi connectivity index (χ2n) is 3.83. The van der Waals surface area contributed by atoms with Gasteiger partial charge < -0.3 is 4.74 Å². The predicted molar refractivity (Wildman–Crippen MR) is 59.0 cm³/mol. The highest BCUT2D eigenvalue weighted by Crippen LogP contribution is 2.17. The third kappa shape index (κ3) is 6.46. The summed E-state index contributed by atoms with van der Waals surface area (Å²) in [7, 11) is 0. The Labute approximate surface area is 86.6 Å². The molecule has 0 fully saturated rings. The maximum atomic E-state index is 11.2. The van der Waals surface area contributed by atoms with Crippen molar-refractivity contribution in [2.24, 2.45) is 0 Å². The van der Waals surface area contributed by atoms with E-state index >= 15 is 0 Å². The molecule has 2 nitrogen and oxygen atoms in total. The normalized spacial score (nSPS) is 11.6. The first-order valence-corrected chi connectivity index (χ1v) is 4.95. The van der Waals surface area contributed by atoms with Crippen molar-refractivity contribution >= 4 is 5.97 Å². The van der Waals surface area contributed by atoms with Crippen LogP contribution >= 0.6 is 0 Å². The lowest BCUT2D eigenvalue weighted by Gasteiger charge is -2.24. The average Bonchev–Trinajstić information content (AvgIpc) is 2.03. The smallest absolute Gasteiger partial charge is 0.310 e. The van der Waals surface area contributed by atoms with E-state index in [-0.39, 0.29) is 18.0 Å². The largest absolute Gasteiger partial charge is 0.459 e. The number of allylic oxidation sites excluding steroid dienone is 2. The van der Waals surface area contributed by atoms with Crippen molar-refractivity contribution in [3.8, 4) is 0 Å². The number of ether oxygens (including phenoxy) is 1. The Morgan fingerprint density at radius 3 is 2.64 bits per heavy atom. The van der Waals surface area contributed by atoms with Crippen molar-refractivity contribution < 1.29 is 9.53 Å². The van der Waals surface area contributed by atoms with E-state index in [2.05, 4.69) is 12.7 Å². The third-order valence-electron chi connectivity index (χ3n) is 1.85. The van der Waals surface area contributed by atoms with Gasteiger partial charge in [0.25, 0.3) is 0 Å². The first kappa shape index (κ1) is 12.9. The first-order valence-electron chi connectivity index (χ1n) is 4.95. The molecule has 0 N–H and O–H groups in total. The van der Waals surface area contributed by atoms with E-state index in [4.69, 9.17) is 4.74 Å². The van der Waals surface area contributed by atoms with Gasteiger partial charge >= 0.3 is 5.97 Å². The summed E-state index contributed by atoms with van der Waals surface area (Å²) in [4.78, 5) is 11.2. The summed E-state index contributed by atoms with van der Waals surface area (Å²) in [5.74, 6) is -0.203. The van der Waals surface area contributed by atoms with Gasteiger partial charge in [-0.15, -0.1) is 6.58 Å². The molecule has 0 aromatic rings. The van der Waals surface area contributed by atoms with Crippen molar-refractivity contribution in [1.82, 2.24) is 0 Å². The Morgan fingerprint density at radius 1 is 1.50 bits per heavy atom. The Bertz CT molecular complexity index is 214.